The van der Waals surface area contributed by atoms with Crippen LogP contribution < -0.4 is 4.90 Å². The second-order valence-electron chi connectivity index (χ2n) is 2.94. The number of aryl methyl sites for hydroxylation is 2. The van der Waals surface area contributed by atoms with Crippen LogP contribution in [0.2, 0.25) is 0 Å². The van der Waals surface area contributed by atoms with E-state index in [-0.39, 0.29) is 0 Å². The van der Waals surface area contributed by atoms with Crippen molar-refractivity contribution in [3.8, 4) is 0 Å². The van der Waals surface area contributed by atoms with Crippen molar-refractivity contribution in [1.82, 2.24) is 9.78 Å². The first-order chi connectivity index (χ1) is 5.69. The Bertz CT molecular complexity index is 229. The molecule has 0 saturated heterocycles. The minimum Gasteiger partial charge on any atom is -0.356 e. The van der Waals surface area contributed by atoms with Crippen LogP contribution in [0.3, 0.4) is 0 Å². The zero-order valence-electron chi connectivity index (χ0n) is 8.33. The zero-order chi connectivity index (χ0) is 9.14. The maximum absolute atomic E-state index is 4.39. The maximum atomic E-state index is 4.39. The van der Waals surface area contributed by atoms with Gasteiger partial charge in [0.25, 0.3) is 0 Å². The van der Waals surface area contributed by atoms with Gasteiger partial charge in [0.05, 0.1) is 0 Å². The summed E-state index contributed by atoms with van der Waals surface area (Å²) in [5, 5.41) is 4.39. The Morgan fingerprint density at radius 3 is 2.33 bits per heavy atom. The fourth-order valence-electron chi connectivity index (χ4n) is 1.24. The van der Waals surface area contributed by atoms with Gasteiger partial charge in [-0.2, -0.15) is 5.10 Å². The number of aromatic nitrogens is 2. The van der Waals surface area contributed by atoms with E-state index in [0.717, 1.165) is 18.9 Å². The SMILES string of the molecule is CCN(CC)c1cc(C)n(C)n1. The van der Waals surface area contributed by atoms with Crippen molar-refractivity contribution < 1.29 is 0 Å². The molecule has 1 aromatic heterocycles. The molecule has 0 spiro atoms. The van der Waals surface area contributed by atoms with Gasteiger partial charge < -0.3 is 4.90 Å². The lowest BCUT2D eigenvalue weighted by Gasteiger charge is -2.16. The topological polar surface area (TPSA) is 21.1 Å². The smallest absolute Gasteiger partial charge is 0.150 e. The molecule has 0 amide bonds. The van der Waals surface area contributed by atoms with Crippen LogP contribution in [-0.4, -0.2) is 22.9 Å². The van der Waals surface area contributed by atoms with Gasteiger partial charge in [0.2, 0.25) is 0 Å². The summed E-state index contributed by atoms with van der Waals surface area (Å²) in [4.78, 5) is 2.24. The predicted molar refractivity (Wildman–Crippen MR) is 51.5 cm³/mol. The molecule has 3 nitrogen and oxygen atoms in total. The van der Waals surface area contributed by atoms with Crippen molar-refractivity contribution in [2.45, 2.75) is 20.8 Å². The Kier molecular flexibility index (Phi) is 2.74. The molecule has 0 radical (unpaired) electrons. The highest BCUT2D eigenvalue weighted by atomic mass is 15.3. The third-order valence-electron chi connectivity index (χ3n) is 2.19. The van der Waals surface area contributed by atoms with Crippen LogP contribution >= 0.6 is 0 Å². The Morgan fingerprint density at radius 2 is 2.00 bits per heavy atom. The minimum absolute atomic E-state index is 1.02. The van der Waals surface area contributed by atoms with E-state index in [0.29, 0.717) is 0 Å². The molecular formula is C9H17N3. The summed E-state index contributed by atoms with van der Waals surface area (Å²) in [7, 11) is 1.97. The van der Waals surface area contributed by atoms with Crippen LogP contribution in [0.4, 0.5) is 5.82 Å². The number of anilines is 1. The molecule has 1 rings (SSSR count). The van der Waals surface area contributed by atoms with Gasteiger partial charge in [-0.25, -0.2) is 0 Å². The highest BCUT2D eigenvalue weighted by molar-refractivity contribution is 5.38. The van der Waals surface area contributed by atoms with Crippen molar-refractivity contribution >= 4 is 5.82 Å². The van der Waals surface area contributed by atoms with Gasteiger partial charge in [-0.15, -0.1) is 0 Å². The monoisotopic (exact) mass is 167 g/mol. The third kappa shape index (κ3) is 1.60. The molecule has 0 atom stereocenters. The van der Waals surface area contributed by atoms with Gasteiger partial charge in [-0.1, -0.05) is 0 Å². The molecule has 0 aromatic carbocycles. The van der Waals surface area contributed by atoms with E-state index < -0.39 is 0 Å². The van der Waals surface area contributed by atoms with Crippen LogP contribution in [0.25, 0.3) is 0 Å². The summed E-state index contributed by atoms with van der Waals surface area (Å²) in [5.41, 5.74) is 1.21. The van der Waals surface area contributed by atoms with E-state index in [9.17, 15) is 0 Å². The highest BCUT2D eigenvalue weighted by Crippen LogP contribution is 2.12. The summed E-state index contributed by atoms with van der Waals surface area (Å²) in [6, 6.07) is 2.12. The van der Waals surface area contributed by atoms with E-state index in [1.54, 1.807) is 0 Å². The van der Waals surface area contributed by atoms with Crippen LogP contribution in [0.1, 0.15) is 19.5 Å². The lowest BCUT2D eigenvalue weighted by molar-refractivity contribution is 0.724. The largest absolute Gasteiger partial charge is 0.356 e. The predicted octanol–water partition coefficient (Wildman–Crippen LogP) is 1.57. The van der Waals surface area contributed by atoms with Gasteiger partial charge in [0, 0.05) is 31.9 Å². The van der Waals surface area contributed by atoms with Crippen molar-refractivity contribution in [2.75, 3.05) is 18.0 Å². The first-order valence-electron chi connectivity index (χ1n) is 4.44. The van der Waals surface area contributed by atoms with Gasteiger partial charge in [0.1, 0.15) is 0 Å². The summed E-state index contributed by atoms with van der Waals surface area (Å²) in [5.74, 6) is 1.08. The summed E-state index contributed by atoms with van der Waals surface area (Å²) < 4.78 is 1.91. The van der Waals surface area contributed by atoms with Gasteiger partial charge >= 0.3 is 0 Å². The second kappa shape index (κ2) is 3.61. The molecule has 1 heterocycles. The van der Waals surface area contributed by atoms with Gasteiger partial charge in [-0.05, 0) is 20.8 Å². The van der Waals surface area contributed by atoms with E-state index in [4.69, 9.17) is 0 Å². The Balaban J connectivity index is 2.86. The van der Waals surface area contributed by atoms with Crippen molar-refractivity contribution in [1.29, 1.82) is 0 Å². The molecular weight excluding hydrogens is 150 g/mol. The Hall–Kier alpha value is -0.990. The molecule has 68 valence electrons. The third-order valence-corrected chi connectivity index (χ3v) is 2.19. The summed E-state index contributed by atoms with van der Waals surface area (Å²) >= 11 is 0. The number of nitrogens with zero attached hydrogens (tertiary/aromatic N) is 3. The molecule has 0 unspecified atom stereocenters. The van der Waals surface area contributed by atoms with Gasteiger partial charge in [0.15, 0.2) is 5.82 Å². The fourth-order valence-corrected chi connectivity index (χ4v) is 1.24. The van der Waals surface area contributed by atoms with E-state index in [1.807, 2.05) is 11.7 Å². The van der Waals surface area contributed by atoms with Crippen LogP contribution in [-0.2, 0) is 7.05 Å². The lowest BCUT2D eigenvalue weighted by Crippen LogP contribution is -2.22. The summed E-state index contributed by atoms with van der Waals surface area (Å²) in [6.45, 7) is 8.40. The van der Waals surface area contributed by atoms with Crippen LogP contribution in [0.5, 0.6) is 0 Å². The molecule has 1 aromatic rings. The molecule has 12 heavy (non-hydrogen) atoms. The molecule has 3 heteroatoms. The molecule has 0 saturated carbocycles. The first-order valence-corrected chi connectivity index (χ1v) is 4.44. The zero-order valence-corrected chi connectivity index (χ0v) is 8.33. The van der Waals surface area contributed by atoms with Crippen molar-refractivity contribution in [2.24, 2.45) is 7.05 Å². The van der Waals surface area contributed by atoms with Crippen LogP contribution in [0, 0.1) is 6.92 Å². The first kappa shape index (κ1) is 9.10. The number of rotatable bonds is 3. The van der Waals surface area contributed by atoms with E-state index in [2.05, 4.69) is 36.8 Å². The normalized spacial score (nSPS) is 10.3. The van der Waals surface area contributed by atoms with E-state index >= 15 is 0 Å². The molecule has 0 aliphatic rings. The molecule has 0 fully saturated rings. The molecule has 0 bridgehead atoms. The fraction of sp³-hybridized carbons (Fsp3) is 0.667. The Morgan fingerprint density at radius 1 is 1.42 bits per heavy atom. The summed E-state index contributed by atoms with van der Waals surface area (Å²) in [6.07, 6.45) is 0. The number of hydrogen-bond acceptors (Lipinski definition) is 2. The van der Waals surface area contributed by atoms with Gasteiger partial charge in [-0.3, -0.25) is 4.68 Å². The second-order valence-corrected chi connectivity index (χ2v) is 2.94. The highest BCUT2D eigenvalue weighted by Gasteiger charge is 2.05. The van der Waals surface area contributed by atoms with E-state index in [1.165, 1.54) is 5.69 Å². The van der Waals surface area contributed by atoms with Crippen molar-refractivity contribution in [3.63, 3.8) is 0 Å². The molecule has 0 aliphatic carbocycles. The standard InChI is InChI=1S/C9H17N3/c1-5-12(6-2)9-7-8(3)11(4)10-9/h7H,5-6H2,1-4H3. The molecule has 0 N–H and O–H groups in total. The maximum Gasteiger partial charge on any atom is 0.150 e. The Labute approximate surface area is 74.0 Å². The molecule has 0 aliphatic heterocycles. The quantitative estimate of drug-likeness (QED) is 0.681. The van der Waals surface area contributed by atoms with Crippen molar-refractivity contribution in [3.05, 3.63) is 11.8 Å². The average Bonchev–Trinajstić information content (AvgIpc) is 2.35. The average molecular weight is 167 g/mol. The minimum atomic E-state index is 1.02. The lowest BCUT2D eigenvalue weighted by atomic mass is 10.4. The number of hydrogen-bond donors (Lipinski definition) is 0. The van der Waals surface area contributed by atoms with Crippen LogP contribution in [0.15, 0.2) is 6.07 Å².